The zero-order valence-electron chi connectivity index (χ0n) is 14.5. The van der Waals surface area contributed by atoms with Crippen LogP contribution < -0.4 is 0 Å². The molecule has 2 aromatic carbocycles. The summed E-state index contributed by atoms with van der Waals surface area (Å²) >= 11 is 0. The van der Waals surface area contributed by atoms with Crippen LogP contribution in [0, 0.1) is 13.8 Å². The summed E-state index contributed by atoms with van der Waals surface area (Å²) in [5.74, 6) is -0.937. The maximum absolute atomic E-state index is 12.5. The van der Waals surface area contributed by atoms with Crippen molar-refractivity contribution >= 4 is 15.7 Å². The van der Waals surface area contributed by atoms with Gasteiger partial charge in [-0.3, -0.25) is 4.79 Å². The molecule has 0 aliphatic carbocycles. The molecule has 5 heteroatoms. The van der Waals surface area contributed by atoms with Gasteiger partial charge in [0, 0.05) is 7.05 Å². The van der Waals surface area contributed by atoms with Crippen molar-refractivity contribution in [2.24, 2.45) is 0 Å². The van der Waals surface area contributed by atoms with Gasteiger partial charge in [-0.2, -0.15) is 0 Å². The normalized spacial score (nSPS) is 12.7. The number of rotatable bonds is 5. The third kappa shape index (κ3) is 4.03. The maximum Gasteiger partial charge on any atom is 0.238 e. The summed E-state index contributed by atoms with van der Waals surface area (Å²) in [6, 6.07) is 14.3. The number of sulfone groups is 1. The number of carbonyl (C=O) groups excluding carboxylic acids is 1. The molecule has 0 aliphatic rings. The highest BCUT2D eigenvalue weighted by Gasteiger charge is 2.25. The number of nitrogens with zero attached hydrogens (tertiary/aromatic N) is 1. The van der Waals surface area contributed by atoms with Crippen molar-refractivity contribution < 1.29 is 13.2 Å². The van der Waals surface area contributed by atoms with E-state index in [2.05, 4.69) is 0 Å². The van der Waals surface area contributed by atoms with E-state index in [0.717, 1.165) is 16.7 Å². The zero-order chi connectivity index (χ0) is 17.9. The van der Waals surface area contributed by atoms with Gasteiger partial charge in [-0.05, 0) is 49.6 Å². The molecule has 0 radical (unpaired) electrons. The van der Waals surface area contributed by atoms with Crippen LogP contribution in [0.2, 0.25) is 0 Å². The Balaban J connectivity index is 2.16. The van der Waals surface area contributed by atoms with Crippen molar-refractivity contribution in [2.75, 3.05) is 12.8 Å². The van der Waals surface area contributed by atoms with E-state index in [1.54, 1.807) is 25.2 Å². The van der Waals surface area contributed by atoms with Crippen LogP contribution in [0.5, 0.6) is 0 Å². The van der Waals surface area contributed by atoms with E-state index in [-0.39, 0.29) is 10.9 Å². The fourth-order valence-corrected chi connectivity index (χ4v) is 3.75. The fourth-order valence-electron chi connectivity index (χ4n) is 2.43. The lowest BCUT2D eigenvalue weighted by atomic mass is 10.1. The van der Waals surface area contributed by atoms with E-state index in [0.29, 0.717) is 0 Å². The van der Waals surface area contributed by atoms with E-state index in [1.165, 1.54) is 4.90 Å². The van der Waals surface area contributed by atoms with Crippen molar-refractivity contribution in [3.63, 3.8) is 0 Å². The van der Waals surface area contributed by atoms with E-state index >= 15 is 0 Å². The molecule has 1 atom stereocenters. The predicted molar refractivity (Wildman–Crippen MR) is 95.6 cm³/mol. The largest absolute Gasteiger partial charge is 0.338 e. The number of hydrogen-bond donors (Lipinski definition) is 0. The molecule has 2 rings (SSSR count). The quantitative estimate of drug-likeness (QED) is 0.835. The molecule has 0 spiro atoms. The van der Waals surface area contributed by atoms with E-state index in [1.807, 2.05) is 51.1 Å². The lowest BCUT2D eigenvalue weighted by Gasteiger charge is -2.25. The van der Waals surface area contributed by atoms with Gasteiger partial charge in [-0.25, -0.2) is 8.42 Å². The first-order chi connectivity index (χ1) is 11.2. The first-order valence-corrected chi connectivity index (χ1v) is 9.48. The minimum Gasteiger partial charge on any atom is -0.338 e. The number of aryl methyl sites for hydroxylation is 2. The third-order valence-electron chi connectivity index (χ3n) is 4.41. The molecule has 4 nitrogen and oxygen atoms in total. The van der Waals surface area contributed by atoms with Crippen LogP contribution in [-0.2, 0) is 14.6 Å². The highest BCUT2D eigenvalue weighted by atomic mass is 32.2. The Morgan fingerprint density at radius 3 is 2.25 bits per heavy atom. The molecular weight excluding hydrogens is 322 g/mol. The van der Waals surface area contributed by atoms with Crippen LogP contribution in [0.4, 0.5) is 0 Å². The molecule has 1 unspecified atom stereocenters. The Morgan fingerprint density at radius 2 is 1.67 bits per heavy atom. The highest BCUT2D eigenvalue weighted by molar-refractivity contribution is 7.92. The molecule has 24 heavy (non-hydrogen) atoms. The standard InChI is InChI=1S/C19H23NO3S/c1-14-10-11-18(12-15(14)2)24(22,23)13-19(21)20(4)16(3)17-8-6-5-7-9-17/h5-12,16H,13H2,1-4H3. The SMILES string of the molecule is Cc1ccc(S(=O)(=O)CC(=O)N(C)C(C)c2ccccc2)cc1C. The molecule has 0 heterocycles. The topological polar surface area (TPSA) is 54.5 Å². The van der Waals surface area contributed by atoms with Crippen molar-refractivity contribution in [3.8, 4) is 0 Å². The summed E-state index contributed by atoms with van der Waals surface area (Å²) in [7, 11) is -2.02. The Labute approximate surface area is 144 Å². The smallest absolute Gasteiger partial charge is 0.238 e. The summed E-state index contributed by atoms with van der Waals surface area (Å²) in [5, 5.41) is 0. The molecule has 0 saturated carbocycles. The van der Waals surface area contributed by atoms with E-state index < -0.39 is 21.5 Å². The fraction of sp³-hybridized carbons (Fsp3) is 0.316. The molecule has 0 bridgehead atoms. The van der Waals surface area contributed by atoms with Gasteiger partial charge in [0.15, 0.2) is 9.84 Å². The second-order valence-corrected chi connectivity index (χ2v) is 8.09. The van der Waals surface area contributed by atoms with Gasteiger partial charge in [-0.15, -0.1) is 0 Å². The maximum atomic E-state index is 12.5. The Hall–Kier alpha value is -2.14. The minimum atomic E-state index is -3.65. The van der Waals surface area contributed by atoms with Crippen LogP contribution >= 0.6 is 0 Å². The van der Waals surface area contributed by atoms with E-state index in [4.69, 9.17) is 0 Å². The van der Waals surface area contributed by atoms with Gasteiger partial charge in [0.05, 0.1) is 10.9 Å². The molecule has 0 aromatic heterocycles. The first kappa shape index (κ1) is 18.2. The number of amides is 1. The van der Waals surface area contributed by atoms with Gasteiger partial charge in [0.2, 0.25) is 5.91 Å². The average Bonchev–Trinajstić information content (AvgIpc) is 2.56. The molecule has 0 fully saturated rings. The van der Waals surface area contributed by atoms with Gasteiger partial charge in [0.25, 0.3) is 0 Å². The highest BCUT2D eigenvalue weighted by Crippen LogP contribution is 2.20. The molecule has 0 saturated heterocycles. The van der Waals surface area contributed by atoms with Crippen LogP contribution in [0.15, 0.2) is 53.4 Å². The second kappa shape index (κ2) is 7.18. The lowest BCUT2D eigenvalue weighted by Crippen LogP contribution is -2.34. The zero-order valence-corrected chi connectivity index (χ0v) is 15.3. The van der Waals surface area contributed by atoms with Crippen molar-refractivity contribution in [2.45, 2.75) is 31.7 Å². The Bertz CT molecular complexity index is 829. The molecule has 0 aliphatic heterocycles. The van der Waals surface area contributed by atoms with Crippen molar-refractivity contribution in [1.29, 1.82) is 0 Å². The van der Waals surface area contributed by atoms with Crippen molar-refractivity contribution in [1.82, 2.24) is 4.90 Å². The second-order valence-electron chi connectivity index (χ2n) is 6.10. The van der Waals surface area contributed by atoms with Crippen LogP contribution in [0.1, 0.15) is 29.7 Å². The molecule has 128 valence electrons. The van der Waals surface area contributed by atoms with Gasteiger partial charge >= 0.3 is 0 Å². The summed E-state index contributed by atoms with van der Waals surface area (Å²) in [4.78, 5) is 14.1. The average molecular weight is 345 g/mol. The Kier molecular flexibility index (Phi) is 5.44. The number of hydrogen-bond acceptors (Lipinski definition) is 3. The third-order valence-corrected chi connectivity index (χ3v) is 6.01. The minimum absolute atomic E-state index is 0.186. The summed E-state index contributed by atoms with van der Waals surface area (Å²) < 4.78 is 25.0. The molecule has 0 N–H and O–H groups in total. The van der Waals surface area contributed by atoms with Crippen LogP contribution in [0.25, 0.3) is 0 Å². The summed E-state index contributed by atoms with van der Waals surface area (Å²) in [6.07, 6.45) is 0. The Morgan fingerprint density at radius 1 is 1.04 bits per heavy atom. The monoisotopic (exact) mass is 345 g/mol. The summed E-state index contributed by atoms with van der Waals surface area (Å²) in [5.41, 5.74) is 2.89. The van der Waals surface area contributed by atoms with E-state index in [9.17, 15) is 13.2 Å². The summed E-state index contributed by atoms with van der Waals surface area (Å²) in [6.45, 7) is 5.67. The number of benzene rings is 2. The van der Waals surface area contributed by atoms with Gasteiger partial charge in [0.1, 0.15) is 5.75 Å². The van der Waals surface area contributed by atoms with Crippen LogP contribution in [0.3, 0.4) is 0 Å². The molecular formula is C19H23NO3S. The van der Waals surface area contributed by atoms with Gasteiger partial charge in [-0.1, -0.05) is 36.4 Å². The number of carbonyl (C=O) groups is 1. The lowest BCUT2D eigenvalue weighted by molar-refractivity contribution is -0.129. The van der Waals surface area contributed by atoms with Crippen molar-refractivity contribution in [3.05, 3.63) is 65.2 Å². The first-order valence-electron chi connectivity index (χ1n) is 7.83. The molecule has 2 aromatic rings. The molecule has 1 amide bonds. The predicted octanol–water partition coefficient (Wildman–Crippen LogP) is 3.30. The van der Waals surface area contributed by atoms with Gasteiger partial charge < -0.3 is 4.90 Å². The van der Waals surface area contributed by atoms with Crippen LogP contribution in [-0.4, -0.2) is 32.0 Å².